The highest BCUT2D eigenvalue weighted by Crippen LogP contribution is 2.30. The molecule has 1 fully saturated rings. The first-order chi connectivity index (χ1) is 13.4. The van der Waals surface area contributed by atoms with Gasteiger partial charge in [0.2, 0.25) is 0 Å². The van der Waals surface area contributed by atoms with E-state index in [4.69, 9.17) is 0 Å². The van der Waals surface area contributed by atoms with Crippen LogP contribution in [0.4, 0.5) is 4.39 Å². The minimum Gasteiger partial charge on any atom is -0.318 e. The largest absolute Gasteiger partial charge is 0.318 e. The normalized spacial score (nSPS) is 18.7. The number of halogens is 1. The van der Waals surface area contributed by atoms with Gasteiger partial charge in [-0.15, -0.1) is 0 Å². The van der Waals surface area contributed by atoms with E-state index in [1.165, 1.54) is 44.6 Å². The number of rotatable bonds is 4. The fourth-order valence-electron chi connectivity index (χ4n) is 3.99. The van der Waals surface area contributed by atoms with Crippen LogP contribution in [0.2, 0.25) is 0 Å². The van der Waals surface area contributed by atoms with E-state index in [1.54, 1.807) is 6.07 Å². The van der Waals surface area contributed by atoms with Crippen LogP contribution < -0.4 is 0 Å². The fourth-order valence-corrected chi connectivity index (χ4v) is 3.99. The van der Waals surface area contributed by atoms with Crippen molar-refractivity contribution in [3.63, 3.8) is 0 Å². The number of fused-ring (bicyclic) bond motifs is 1. The van der Waals surface area contributed by atoms with Gasteiger partial charge >= 0.3 is 0 Å². The van der Waals surface area contributed by atoms with Gasteiger partial charge < -0.3 is 4.40 Å². The number of aryl methyl sites for hydroxylation is 1. The van der Waals surface area contributed by atoms with E-state index in [-0.39, 0.29) is 5.82 Å². The van der Waals surface area contributed by atoms with Crippen LogP contribution in [0.3, 0.4) is 0 Å². The van der Waals surface area contributed by atoms with Gasteiger partial charge in [-0.05, 0) is 55.4 Å². The number of hydrogen-bond donors (Lipinski definition) is 0. The van der Waals surface area contributed by atoms with Gasteiger partial charge in [0, 0.05) is 17.5 Å². The van der Waals surface area contributed by atoms with Gasteiger partial charge in [-0.3, -0.25) is 0 Å². The number of allylic oxidation sites excluding steroid dienone is 1. The summed E-state index contributed by atoms with van der Waals surface area (Å²) in [5.74, 6) is 1.90. The van der Waals surface area contributed by atoms with E-state index in [0.717, 1.165) is 41.5 Å². The number of hydrogen-bond acceptors (Lipinski definition) is 0. The highest BCUT2D eigenvalue weighted by atomic mass is 19.1. The molecule has 2 heteroatoms. The molecular formula is C26H42FN. The molecule has 3 rings (SSSR count). The maximum Gasteiger partial charge on any atom is 0.147 e. The lowest BCUT2D eigenvalue weighted by atomic mass is 9.81. The van der Waals surface area contributed by atoms with Gasteiger partial charge in [0.05, 0.1) is 5.52 Å². The zero-order chi connectivity index (χ0) is 21.1. The van der Waals surface area contributed by atoms with Crippen LogP contribution in [0.1, 0.15) is 97.7 Å². The van der Waals surface area contributed by atoms with Crippen molar-refractivity contribution in [2.24, 2.45) is 11.8 Å². The van der Waals surface area contributed by atoms with Gasteiger partial charge in [0.15, 0.2) is 0 Å². The summed E-state index contributed by atoms with van der Waals surface area (Å²) in [6.45, 7) is 16.9. The first-order valence-corrected chi connectivity index (χ1v) is 11.3. The summed E-state index contributed by atoms with van der Waals surface area (Å²) in [5.41, 5.74) is 3.62. The zero-order valence-electron chi connectivity index (χ0n) is 19.2. The van der Waals surface area contributed by atoms with Gasteiger partial charge in [-0.1, -0.05) is 79.7 Å². The van der Waals surface area contributed by atoms with Crippen molar-refractivity contribution >= 4 is 11.1 Å². The third-order valence-corrected chi connectivity index (χ3v) is 5.41. The molecule has 1 aliphatic rings. The van der Waals surface area contributed by atoms with Crippen LogP contribution in [0.5, 0.6) is 0 Å². The Morgan fingerprint density at radius 3 is 2.39 bits per heavy atom. The maximum atomic E-state index is 13.8. The van der Waals surface area contributed by atoms with Gasteiger partial charge in [0.1, 0.15) is 5.82 Å². The maximum absolute atomic E-state index is 13.8. The number of aromatic nitrogens is 1. The lowest BCUT2D eigenvalue weighted by Crippen LogP contribution is -2.11. The third kappa shape index (κ3) is 7.11. The second kappa shape index (κ2) is 12.8. The molecule has 0 spiro atoms. The summed E-state index contributed by atoms with van der Waals surface area (Å²) in [5, 5.41) is 0. The second-order valence-electron chi connectivity index (χ2n) is 8.41. The smallest absolute Gasteiger partial charge is 0.147 e. The molecule has 0 aromatic carbocycles. The van der Waals surface area contributed by atoms with E-state index in [9.17, 15) is 4.39 Å². The lowest BCUT2D eigenvalue weighted by Gasteiger charge is -2.25. The van der Waals surface area contributed by atoms with Crippen molar-refractivity contribution in [2.75, 3.05) is 0 Å². The highest BCUT2D eigenvalue weighted by molar-refractivity contribution is 5.78. The Morgan fingerprint density at radius 1 is 1.21 bits per heavy atom. The molecule has 0 aliphatic heterocycles. The first kappa shape index (κ1) is 24.5. The Labute approximate surface area is 173 Å². The topological polar surface area (TPSA) is 4.41 Å². The Hall–Kier alpha value is -1.57. The van der Waals surface area contributed by atoms with Gasteiger partial charge in [-0.25, -0.2) is 4.39 Å². The predicted molar refractivity (Wildman–Crippen MR) is 123 cm³/mol. The highest BCUT2D eigenvalue weighted by Gasteiger charge is 2.16. The minimum absolute atomic E-state index is 0.178. The van der Waals surface area contributed by atoms with Crippen LogP contribution in [0, 0.1) is 17.7 Å². The Bertz CT molecular complexity index is 713. The molecule has 0 saturated heterocycles. The van der Waals surface area contributed by atoms with Crippen molar-refractivity contribution in [3.05, 3.63) is 48.0 Å². The SMILES string of the molecule is C=C(C)c1cc(CCC)n2cccc(F)c12.CCC.CCC1CCCC(C)C1. The van der Waals surface area contributed by atoms with Crippen LogP contribution in [-0.2, 0) is 6.42 Å². The molecule has 0 amide bonds. The van der Waals surface area contributed by atoms with Crippen molar-refractivity contribution in [3.8, 4) is 0 Å². The summed E-state index contributed by atoms with van der Waals surface area (Å²) < 4.78 is 15.7. The lowest BCUT2D eigenvalue weighted by molar-refractivity contribution is 0.276. The Morgan fingerprint density at radius 2 is 1.89 bits per heavy atom. The molecule has 158 valence electrons. The molecule has 1 saturated carbocycles. The number of nitrogens with zero attached hydrogens (tertiary/aromatic N) is 1. The second-order valence-corrected chi connectivity index (χ2v) is 8.41. The van der Waals surface area contributed by atoms with E-state index in [0.29, 0.717) is 5.52 Å². The molecule has 0 N–H and O–H groups in total. The molecular weight excluding hydrogens is 345 g/mol. The molecule has 2 unspecified atom stereocenters. The van der Waals surface area contributed by atoms with E-state index in [1.807, 2.05) is 23.6 Å². The van der Waals surface area contributed by atoms with Crippen LogP contribution in [0.25, 0.3) is 11.1 Å². The van der Waals surface area contributed by atoms with Crippen molar-refractivity contribution in [2.45, 2.75) is 92.9 Å². The van der Waals surface area contributed by atoms with Crippen molar-refractivity contribution in [1.82, 2.24) is 4.40 Å². The summed E-state index contributed by atoms with van der Waals surface area (Å²) in [4.78, 5) is 0. The third-order valence-electron chi connectivity index (χ3n) is 5.41. The summed E-state index contributed by atoms with van der Waals surface area (Å²) in [7, 11) is 0. The zero-order valence-corrected chi connectivity index (χ0v) is 19.2. The fraction of sp³-hybridized carbons (Fsp3) is 0.615. The van der Waals surface area contributed by atoms with Crippen LogP contribution in [-0.4, -0.2) is 4.40 Å². The molecule has 1 nitrogen and oxygen atoms in total. The van der Waals surface area contributed by atoms with Crippen molar-refractivity contribution in [1.29, 1.82) is 0 Å². The van der Waals surface area contributed by atoms with E-state index < -0.39 is 0 Å². The van der Waals surface area contributed by atoms with Crippen LogP contribution >= 0.6 is 0 Å². The molecule has 2 atom stereocenters. The predicted octanol–water partition coefficient (Wildman–Crippen LogP) is 8.70. The molecule has 0 radical (unpaired) electrons. The monoisotopic (exact) mass is 387 g/mol. The average Bonchev–Trinajstić information content (AvgIpc) is 3.04. The standard InChI is InChI=1S/C14H16FN.C9H18.C3H8/c1-4-6-11-9-12(10(2)3)14-13(15)7-5-8-16(11)14;1-3-9-6-4-5-8(2)7-9;1-3-2/h5,7-9H,2,4,6H2,1,3H3;8-9H,3-7H2,1-2H3;3H2,1-2H3. The van der Waals surface area contributed by atoms with E-state index >= 15 is 0 Å². The minimum atomic E-state index is -0.178. The summed E-state index contributed by atoms with van der Waals surface area (Å²) in [6.07, 6.45) is 12.5. The van der Waals surface area contributed by atoms with Gasteiger partial charge in [-0.2, -0.15) is 0 Å². The van der Waals surface area contributed by atoms with Crippen LogP contribution in [0.15, 0.2) is 31.0 Å². The molecule has 28 heavy (non-hydrogen) atoms. The molecule has 1 aliphatic carbocycles. The molecule has 0 bridgehead atoms. The molecule has 2 aromatic heterocycles. The molecule has 2 heterocycles. The summed E-state index contributed by atoms with van der Waals surface area (Å²) in [6, 6.07) is 5.28. The van der Waals surface area contributed by atoms with Gasteiger partial charge in [0.25, 0.3) is 0 Å². The average molecular weight is 388 g/mol. The quantitative estimate of drug-likeness (QED) is 0.494. The number of pyridine rings is 1. The first-order valence-electron chi connectivity index (χ1n) is 11.3. The Kier molecular flexibility index (Phi) is 11.2. The Balaban J connectivity index is 0.000000276. The van der Waals surface area contributed by atoms with E-state index in [2.05, 4.69) is 41.2 Å². The summed E-state index contributed by atoms with van der Waals surface area (Å²) >= 11 is 0. The van der Waals surface area contributed by atoms with Crippen molar-refractivity contribution < 1.29 is 4.39 Å². The molecule has 2 aromatic rings.